The van der Waals surface area contributed by atoms with Crippen LogP contribution in [0.5, 0.6) is 0 Å². The number of aromatic nitrogens is 2. The molecule has 0 radical (unpaired) electrons. The van der Waals surface area contributed by atoms with E-state index in [0.717, 1.165) is 29.7 Å². The molecule has 3 N–H and O–H groups in total. The average molecular weight is 296 g/mol. The van der Waals surface area contributed by atoms with E-state index in [9.17, 15) is 0 Å². The molecule has 0 bridgehead atoms. The number of anilines is 1. The molecule has 0 amide bonds. The van der Waals surface area contributed by atoms with E-state index in [2.05, 4.69) is 17.1 Å². The molecule has 0 saturated heterocycles. The van der Waals surface area contributed by atoms with Gasteiger partial charge in [-0.05, 0) is 30.5 Å². The van der Waals surface area contributed by atoms with Crippen LogP contribution in [0.4, 0.5) is 5.82 Å². The first-order chi connectivity index (χ1) is 9.01. The van der Waals surface area contributed by atoms with Crippen molar-refractivity contribution in [3.05, 3.63) is 45.1 Å². The van der Waals surface area contributed by atoms with E-state index < -0.39 is 0 Å². The number of nitrogens with one attached hydrogen (secondary N) is 1. The summed E-state index contributed by atoms with van der Waals surface area (Å²) in [6.45, 7) is 2.22. The molecule has 0 atom stereocenters. The quantitative estimate of drug-likeness (QED) is 0.901. The maximum absolute atomic E-state index is 6.23. The first-order valence-electron chi connectivity index (χ1n) is 6.27. The van der Waals surface area contributed by atoms with Crippen molar-refractivity contribution in [2.45, 2.75) is 31.6 Å². The number of aromatic amines is 1. The summed E-state index contributed by atoms with van der Waals surface area (Å²) in [6.07, 6.45) is 2.95. The van der Waals surface area contributed by atoms with Gasteiger partial charge in [0.2, 0.25) is 0 Å². The highest BCUT2D eigenvalue weighted by atomic mass is 35.5. The van der Waals surface area contributed by atoms with Crippen LogP contribution in [0.1, 0.15) is 36.6 Å². The number of benzene rings is 1. The van der Waals surface area contributed by atoms with Crippen molar-refractivity contribution in [3.63, 3.8) is 0 Å². The van der Waals surface area contributed by atoms with Crippen molar-refractivity contribution >= 4 is 29.0 Å². The lowest BCUT2D eigenvalue weighted by Crippen LogP contribution is -2.06. The summed E-state index contributed by atoms with van der Waals surface area (Å²) in [6, 6.07) is 5.53. The summed E-state index contributed by atoms with van der Waals surface area (Å²) < 4.78 is 0. The number of nitrogens with two attached hydrogens (primary N) is 1. The zero-order valence-corrected chi connectivity index (χ0v) is 12.1. The van der Waals surface area contributed by atoms with Gasteiger partial charge in [0.1, 0.15) is 5.82 Å². The second-order valence-corrected chi connectivity index (χ2v) is 6.21. The topological polar surface area (TPSA) is 54.7 Å². The molecule has 100 valence electrons. The molecule has 1 heterocycles. The first kappa shape index (κ1) is 12.8. The van der Waals surface area contributed by atoms with E-state index in [4.69, 9.17) is 28.9 Å². The zero-order valence-electron chi connectivity index (χ0n) is 10.6. The Morgan fingerprint density at radius 2 is 1.89 bits per heavy atom. The summed E-state index contributed by atoms with van der Waals surface area (Å²) >= 11 is 12.5. The monoisotopic (exact) mass is 295 g/mol. The van der Waals surface area contributed by atoms with E-state index in [1.807, 2.05) is 18.2 Å². The zero-order chi connectivity index (χ0) is 13.6. The standard InChI is InChI=1S/C14H15Cl2N3/c1-14(5-6-14)12-9(13(17)19-18-12)7-8-10(15)3-2-4-11(8)16/h2-4H,5-7H2,1H3,(H3,17,18,19). The van der Waals surface area contributed by atoms with Gasteiger partial charge in [0, 0.05) is 33.1 Å². The smallest absolute Gasteiger partial charge is 0.149 e. The molecule has 0 aliphatic heterocycles. The second kappa shape index (κ2) is 4.43. The maximum atomic E-state index is 6.23. The molecule has 1 aliphatic rings. The molecule has 1 aromatic carbocycles. The van der Waals surface area contributed by atoms with Gasteiger partial charge in [0.15, 0.2) is 0 Å². The minimum Gasteiger partial charge on any atom is -0.382 e. The van der Waals surface area contributed by atoms with Gasteiger partial charge in [-0.15, -0.1) is 0 Å². The minimum absolute atomic E-state index is 0.188. The SMILES string of the molecule is CC1(c2[nH]nc(N)c2Cc2c(Cl)cccc2Cl)CC1. The van der Waals surface area contributed by atoms with Gasteiger partial charge in [0.25, 0.3) is 0 Å². The van der Waals surface area contributed by atoms with E-state index in [0.29, 0.717) is 22.3 Å². The van der Waals surface area contributed by atoms with Crippen molar-refractivity contribution in [1.29, 1.82) is 0 Å². The highest BCUT2D eigenvalue weighted by Crippen LogP contribution is 2.49. The Bertz CT molecular complexity index is 609. The lowest BCUT2D eigenvalue weighted by atomic mass is 9.96. The summed E-state index contributed by atoms with van der Waals surface area (Å²) in [7, 11) is 0. The van der Waals surface area contributed by atoms with Crippen LogP contribution in [-0.2, 0) is 11.8 Å². The van der Waals surface area contributed by atoms with E-state index in [1.165, 1.54) is 0 Å². The van der Waals surface area contributed by atoms with Crippen molar-refractivity contribution in [2.24, 2.45) is 0 Å². The Morgan fingerprint density at radius 3 is 2.47 bits per heavy atom. The largest absolute Gasteiger partial charge is 0.382 e. The van der Waals surface area contributed by atoms with Gasteiger partial charge in [0.05, 0.1) is 0 Å². The Hall–Kier alpha value is -1.19. The Balaban J connectivity index is 2.02. The summed E-state index contributed by atoms with van der Waals surface area (Å²) in [5.41, 5.74) is 9.23. The number of halogens is 2. The van der Waals surface area contributed by atoms with Crippen LogP contribution >= 0.6 is 23.2 Å². The molecular weight excluding hydrogens is 281 g/mol. The predicted molar refractivity (Wildman–Crippen MR) is 78.9 cm³/mol. The molecule has 2 aromatic rings. The number of nitrogens with zero attached hydrogens (tertiary/aromatic N) is 1. The lowest BCUT2D eigenvalue weighted by molar-refractivity contribution is 0.732. The first-order valence-corrected chi connectivity index (χ1v) is 7.03. The van der Waals surface area contributed by atoms with Gasteiger partial charge in [-0.1, -0.05) is 36.2 Å². The number of rotatable bonds is 3. The van der Waals surface area contributed by atoms with Gasteiger partial charge in [-0.25, -0.2) is 0 Å². The molecule has 1 aliphatic carbocycles. The fraction of sp³-hybridized carbons (Fsp3) is 0.357. The number of hydrogen-bond acceptors (Lipinski definition) is 2. The van der Waals surface area contributed by atoms with Crippen LogP contribution in [0, 0.1) is 0 Å². The van der Waals surface area contributed by atoms with E-state index >= 15 is 0 Å². The number of H-pyrrole nitrogens is 1. The predicted octanol–water partition coefficient (Wildman–Crippen LogP) is 3.94. The molecule has 0 spiro atoms. The third kappa shape index (κ3) is 2.21. The van der Waals surface area contributed by atoms with Gasteiger partial charge < -0.3 is 5.73 Å². The maximum Gasteiger partial charge on any atom is 0.149 e. The molecular formula is C14H15Cl2N3. The Morgan fingerprint density at radius 1 is 1.26 bits per heavy atom. The fourth-order valence-corrected chi connectivity index (χ4v) is 2.90. The van der Waals surface area contributed by atoms with Crippen LogP contribution in [0.2, 0.25) is 10.0 Å². The summed E-state index contributed by atoms with van der Waals surface area (Å²) in [4.78, 5) is 0. The van der Waals surface area contributed by atoms with Crippen molar-refractivity contribution in [3.8, 4) is 0 Å². The van der Waals surface area contributed by atoms with E-state index in [1.54, 1.807) is 0 Å². The van der Waals surface area contributed by atoms with Crippen molar-refractivity contribution in [2.75, 3.05) is 5.73 Å². The molecule has 1 aromatic heterocycles. The molecule has 5 heteroatoms. The second-order valence-electron chi connectivity index (χ2n) is 5.40. The van der Waals surface area contributed by atoms with Crippen LogP contribution in [0.15, 0.2) is 18.2 Å². The molecule has 1 saturated carbocycles. The highest BCUT2D eigenvalue weighted by molar-refractivity contribution is 6.36. The third-order valence-electron chi connectivity index (χ3n) is 3.92. The summed E-state index contributed by atoms with van der Waals surface area (Å²) in [5.74, 6) is 0.541. The Kier molecular flexibility index (Phi) is 2.99. The van der Waals surface area contributed by atoms with Gasteiger partial charge in [-0.3, -0.25) is 5.10 Å². The third-order valence-corrected chi connectivity index (χ3v) is 4.63. The van der Waals surface area contributed by atoms with Crippen molar-refractivity contribution < 1.29 is 0 Å². The minimum atomic E-state index is 0.188. The van der Waals surface area contributed by atoms with Gasteiger partial charge >= 0.3 is 0 Å². The molecule has 0 unspecified atom stereocenters. The molecule has 19 heavy (non-hydrogen) atoms. The number of nitrogen functional groups attached to an aromatic ring is 1. The molecule has 1 fully saturated rings. The molecule has 3 rings (SSSR count). The van der Waals surface area contributed by atoms with Crippen LogP contribution < -0.4 is 5.73 Å². The highest BCUT2D eigenvalue weighted by Gasteiger charge is 2.42. The van der Waals surface area contributed by atoms with Crippen LogP contribution in [0.3, 0.4) is 0 Å². The summed E-state index contributed by atoms with van der Waals surface area (Å²) in [5, 5.41) is 8.55. The average Bonchev–Trinajstić information content (AvgIpc) is 2.99. The fourth-order valence-electron chi connectivity index (χ4n) is 2.37. The molecule has 3 nitrogen and oxygen atoms in total. The van der Waals surface area contributed by atoms with Crippen LogP contribution in [0.25, 0.3) is 0 Å². The normalized spacial score (nSPS) is 16.6. The lowest BCUT2D eigenvalue weighted by Gasteiger charge is -2.11. The van der Waals surface area contributed by atoms with Gasteiger partial charge in [-0.2, -0.15) is 5.10 Å². The Labute approximate surface area is 122 Å². The van der Waals surface area contributed by atoms with E-state index in [-0.39, 0.29) is 5.41 Å². The van der Waals surface area contributed by atoms with Crippen molar-refractivity contribution in [1.82, 2.24) is 10.2 Å². The number of hydrogen-bond donors (Lipinski definition) is 2. The van der Waals surface area contributed by atoms with Crippen LogP contribution in [-0.4, -0.2) is 10.2 Å².